The van der Waals surface area contributed by atoms with Crippen LogP contribution in [0.4, 0.5) is 13.2 Å². The normalized spacial score (nSPS) is 12.2. The number of hydrogen-bond donors (Lipinski definition) is 1. The van der Waals surface area contributed by atoms with Crippen LogP contribution in [0.1, 0.15) is 45.7 Å². The minimum atomic E-state index is -4.52. The number of alkyl halides is 3. The van der Waals surface area contributed by atoms with E-state index in [9.17, 15) is 27.6 Å². The number of carbonyl (C=O) groups is 1. The first-order chi connectivity index (χ1) is 17.5. The molecule has 1 heterocycles. The molecule has 0 saturated heterocycles. The molecule has 190 valence electrons. The Balaban J connectivity index is 1.79. The highest BCUT2D eigenvalue weighted by molar-refractivity contribution is 5.92. The number of carbonyl (C=O) groups excluding carboxylic acids is 1. The zero-order chi connectivity index (χ0) is 26.7. The van der Waals surface area contributed by atoms with E-state index in [2.05, 4.69) is 10.4 Å². The monoisotopic (exact) mass is 508 g/mol. The van der Waals surface area contributed by atoms with E-state index in [1.54, 1.807) is 25.1 Å². The van der Waals surface area contributed by atoms with Gasteiger partial charge in [0.05, 0.1) is 23.8 Å². The molecule has 0 radical (unpaired) electrons. The number of hydrogen-bond acceptors (Lipinski definition) is 4. The number of aromatic nitrogens is 3. The van der Waals surface area contributed by atoms with Gasteiger partial charge < -0.3 is 5.32 Å². The molecule has 4 rings (SSSR count). The molecule has 10 heteroatoms. The summed E-state index contributed by atoms with van der Waals surface area (Å²) >= 11 is 0. The van der Waals surface area contributed by atoms with Gasteiger partial charge in [0.15, 0.2) is 0 Å². The Labute approximate surface area is 209 Å². The third kappa shape index (κ3) is 5.69. The lowest BCUT2D eigenvalue weighted by Crippen LogP contribution is -2.46. The summed E-state index contributed by atoms with van der Waals surface area (Å²) in [5.74, 6) is -0.788. The Hall–Kier alpha value is -4.47. The number of amides is 1. The molecule has 0 unspecified atom stereocenters. The number of nitrogens with zero attached hydrogens (tertiary/aromatic N) is 3. The van der Waals surface area contributed by atoms with Gasteiger partial charge in [0.25, 0.3) is 11.5 Å². The molecular formula is C27H23F3N4O3. The smallest absolute Gasteiger partial charge is 0.344 e. The van der Waals surface area contributed by atoms with Crippen LogP contribution >= 0.6 is 0 Å². The topological polar surface area (TPSA) is 86.0 Å². The lowest BCUT2D eigenvalue weighted by Gasteiger charge is -2.16. The van der Waals surface area contributed by atoms with E-state index in [1.165, 1.54) is 12.1 Å². The third-order valence-corrected chi connectivity index (χ3v) is 5.79. The zero-order valence-electron chi connectivity index (χ0n) is 20.0. The molecule has 0 aliphatic carbocycles. The van der Waals surface area contributed by atoms with Crippen LogP contribution in [0.15, 0.2) is 88.5 Å². The minimum absolute atomic E-state index is 0.276. The quantitative estimate of drug-likeness (QED) is 0.422. The molecule has 0 fully saturated rings. The number of benzene rings is 3. The molecule has 4 aromatic rings. The second-order valence-corrected chi connectivity index (χ2v) is 8.57. The van der Waals surface area contributed by atoms with Gasteiger partial charge in [-0.05, 0) is 54.8 Å². The summed E-state index contributed by atoms with van der Waals surface area (Å²) in [5.41, 5.74) is -0.936. The summed E-state index contributed by atoms with van der Waals surface area (Å²) < 4.78 is 40.6. The molecule has 0 saturated carbocycles. The number of halogens is 3. The highest BCUT2D eigenvalue weighted by Gasteiger charge is 2.30. The van der Waals surface area contributed by atoms with Crippen LogP contribution in [0.25, 0.3) is 5.69 Å². The van der Waals surface area contributed by atoms with Crippen LogP contribution in [0.5, 0.6) is 0 Å². The van der Waals surface area contributed by atoms with E-state index in [0.29, 0.717) is 5.69 Å². The van der Waals surface area contributed by atoms with Crippen LogP contribution in [-0.2, 0) is 12.7 Å². The molecule has 37 heavy (non-hydrogen) atoms. The second-order valence-electron chi connectivity index (χ2n) is 8.57. The van der Waals surface area contributed by atoms with Crippen molar-refractivity contribution in [2.45, 2.75) is 32.6 Å². The van der Waals surface area contributed by atoms with Crippen molar-refractivity contribution in [1.29, 1.82) is 0 Å². The molecule has 1 N–H and O–H groups in total. The standard InChI is InChI=1S/C27H23F3N4O3/c1-17-7-6-10-22(15-17)34-26(37)33(16-19-11-13-21(14-12-19)27(28,29)30)25(36)23(32-34)24(35)31-18(2)20-8-4-3-5-9-20/h3-15,18H,16H2,1-2H3,(H,31,35)/t18-/m1/s1. The van der Waals surface area contributed by atoms with Crippen molar-refractivity contribution in [3.63, 3.8) is 0 Å². The largest absolute Gasteiger partial charge is 0.416 e. The number of rotatable bonds is 6. The van der Waals surface area contributed by atoms with Gasteiger partial charge in [-0.3, -0.25) is 14.2 Å². The van der Waals surface area contributed by atoms with Crippen LogP contribution in [-0.4, -0.2) is 20.3 Å². The second kappa shape index (κ2) is 10.3. The fraction of sp³-hybridized carbons (Fsp3) is 0.185. The van der Waals surface area contributed by atoms with Crippen molar-refractivity contribution >= 4 is 5.91 Å². The molecule has 0 aliphatic rings. The zero-order valence-corrected chi connectivity index (χ0v) is 20.0. The summed E-state index contributed by atoms with van der Waals surface area (Å²) in [6.07, 6.45) is -4.52. The predicted octanol–water partition coefficient (Wildman–Crippen LogP) is 4.26. The van der Waals surface area contributed by atoms with Gasteiger partial charge in [0, 0.05) is 0 Å². The molecule has 0 bridgehead atoms. The van der Waals surface area contributed by atoms with Crippen LogP contribution in [0.2, 0.25) is 0 Å². The summed E-state index contributed by atoms with van der Waals surface area (Å²) in [6, 6.07) is 19.5. The first-order valence-electron chi connectivity index (χ1n) is 11.4. The van der Waals surface area contributed by atoms with Gasteiger partial charge in [0.1, 0.15) is 0 Å². The SMILES string of the molecule is Cc1cccc(-n2nc(C(=O)N[C@H](C)c3ccccc3)c(=O)n(Cc3ccc(C(F)(F)F)cc3)c2=O)c1. The highest BCUT2D eigenvalue weighted by Crippen LogP contribution is 2.29. The van der Waals surface area contributed by atoms with E-state index >= 15 is 0 Å². The van der Waals surface area contributed by atoms with Gasteiger partial charge in [0.2, 0.25) is 5.69 Å². The van der Waals surface area contributed by atoms with Gasteiger partial charge in [-0.1, -0.05) is 54.6 Å². The fourth-order valence-electron chi connectivity index (χ4n) is 3.80. The van der Waals surface area contributed by atoms with Gasteiger partial charge in [-0.25, -0.2) is 4.79 Å². The van der Waals surface area contributed by atoms with E-state index in [4.69, 9.17) is 0 Å². The Morgan fingerprint density at radius 3 is 2.27 bits per heavy atom. The van der Waals surface area contributed by atoms with Crippen molar-refractivity contribution in [3.8, 4) is 5.69 Å². The average molecular weight is 509 g/mol. The predicted molar refractivity (Wildman–Crippen MR) is 132 cm³/mol. The van der Waals surface area contributed by atoms with Crippen LogP contribution in [0.3, 0.4) is 0 Å². The van der Waals surface area contributed by atoms with E-state index < -0.39 is 40.6 Å². The summed E-state index contributed by atoms with van der Waals surface area (Å²) in [7, 11) is 0. The molecule has 1 aromatic heterocycles. The Kier molecular flexibility index (Phi) is 7.10. The molecular weight excluding hydrogens is 485 g/mol. The van der Waals surface area contributed by atoms with Crippen molar-refractivity contribution in [2.24, 2.45) is 0 Å². The van der Waals surface area contributed by atoms with Crippen molar-refractivity contribution < 1.29 is 18.0 Å². The fourth-order valence-corrected chi connectivity index (χ4v) is 3.80. The lowest BCUT2D eigenvalue weighted by atomic mass is 10.1. The molecule has 3 aromatic carbocycles. The maximum Gasteiger partial charge on any atom is 0.416 e. The maximum absolute atomic E-state index is 13.3. The summed E-state index contributed by atoms with van der Waals surface area (Å²) in [5, 5.41) is 6.81. The average Bonchev–Trinajstić information content (AvgIpc) is 2.87. The third-order valence-electron chi connectivity index (χ3n) is 5.79. The minimum Gasteiger partial charge on any atom is -0.344 e. The Morgan fingerprint density at radius 1 is 0.973 bits per heavy atom. The number of aryl methyl sites for hydroxylation is 1. The summed E-state index contributed by atoms with van der Waals surface area (Å²) in [4.78, 5) is 39.7. The summed E-state index contributed by atoms with van der Waals surface area (Å²) in [6.45, 7) is 3.20. The van der Waals surface area contributed by atoms with Crippen LogP contribution < -0.4 is 16.6 Å². The highest BCUT2D eigenvalue weighted by atomic mass is 19.4. The molecule has 7 nitrogen and oxygen atoms in total. The van der Waals surface area contributed by atoms with Crippen molar-refractivity contribution in [1.82, 2.24) is 19.7 Å². The Morgan fingerprint density at radius 2 is 1.65 bits per heavy atom. The molecule has 0 spiro atoms. The van der Waals surface area contributed by atoms with E-state index in [-0.39, 0.29) is 12.1 Å². The molecule has 1 atom stereocenters. The lowest BCUT2D eigenvalue weighted by molar-refractivity contribution is -0.137. The Bertz CT molecular complexity index is 1540. The van der Waals surface area contributed by atoms with Gasteiger partial charge in [-0.15, -0.1) is 0 Å². The molecule has 1 amide bonds. The maximum atomic E-state index is 13.3. The first-order valence-corrected chi connectivity index (χ1v) is 11.4. The van der Waals surface area contributed by atoms with E-state index in [1.807, 2.05) is 43.3 Å². The van der Waals surface area contributed by atoms with Crippen LogP contribution in [0, 0.1) is 6.92 Å². The first kappa shape index (κ1) is 25.6. The van der Waals surface area contributed by atoms with Crippen molar-refractivity contribution in [2.75, 3.05) is 0 Å². The van der Waals surface area contributed by atoms with Gasteiger partial charge in [-0.2, -0.15) is 23.0 Å². The van der Waals surface area contributed by atoms with E-state index in [0.717, 1.165) is 32.5 Å². The molecule has 0 aliphatic heterocycles. The van der Waals surface area contributed by atoms with Crippen molar-refractivity contribution in [3.05, 3.63) is 128 Å². The van der Waals surface area contributed by atoms with Gasteiger partial charge >= 0.3 is 11.9 Å². The number of nitrogens with one attached hydrogen (secondary N) is 1.